The fraction of sp³-hybridized carbons (Fsp3) is 0.400. The minimum absolute atomic E-state index is 0.0848. The molecule has 0 heterocycles. The number of benzene rings is 1. The van der Waals surface area contributed by atoms with E-state index in [1.165, 1.54) is 22.5 Å². The highest BCUT2D eigenvalue weighted by molar-refractivity contribution is 7.89. The van der Waals surface area contributed by atoms with Crippen molar-refractivity contribution < 1.29 is 18.3 Å². The van der Waals surface area contributed by atoms with Gasteiger partial charge in [-0.15, -0.1) is 0 Å². The summed E-state index contributed by atoms with van der Waals surface area (Å²) < 4.78 is 26.5. The summed E-state index contributed by atoms with van der Waals surface area (Å²) in [6.07, 6.45) is 6.42. The first-order valence-corrected chi connectivity index (χ1v) is 8.34. The second-order valence-corrected chi connectivity index (χ2v) is 7.20. The second-order valence-electron chi connectivity index (χ2n) is 5.20. The second kappa shape index (κ2) is 6.41. The van der Waals surface area contributed by atoms with Gasteiger partial charge in [-0.1, -0.05) is 25.0 Å². The topological polar surface area (TPSA) is 74.7 Å². The summed E-state index contributed by atoms with van der Waals surface area (Å²) in [6, 6.07) is 6.33. The van der Waals surface area contributed by atoms with Gasteiger partial charge in [0.2, 0.25) is 10.0 Å². The van der Waals surface area contributed by atoms with Gasteiger partial charge in [0, 0.05) is 19.2 Å². The van der Waals surface area contributed by atoms with Gasteiger partial charge in [-0.3, -0.25) is 0 Å². The predicted octanol–water partition coefficient (Wildman–Crippen LogP) is 2.35. The lowest BCUT2D eigenvalue weighted by molar-refractivity contribution is -0.131. The van der Waals surface area contributed by atoms with E-state index < -0.39 is 16.0 Å². The number of carboxylic acids is 1. The Labute approximate surface area is 124 Å². The standard InChI is InChI=1S/C15H19NO4S/c1-16(13-4-2-3-5-13)21(19,20)14-9-6-12(7-10-14)8-11-15(17)18/h6-11,13H,2-5H2,1H3,(H,17,18)/b11-8+. The third-order valence-corrected chi connectivity index (χ3v) is 5.74. The van der Waals surface area contributed by atoms with Crippen LogP contribution in [0.4, 0.5) is 0 Å². The summed E-state index contributed by atoms with van der Waals surface area (Å²) in [5.41, 5.74) is 0.653. The highest BCUT2D eigenvalue weighted by Crippen LogP contribution is 2.27. The fourth-order valence-electron chi connectivity index (χ4n) is 2.55. The van der Waals surface area contributed by atoms with E-state index in [9.17, 15) is 13.2 Å². The number of hydrogen-bond donors (Lipinski definition) is 1. The Morgan fingerprint density at radius 2 is 1.81 bits per heavy atom. The zero-order valence-electron chi connectivity index (χ0n) is 11.9. The Balaban J connectivity index is 2.18. The number of hydrogen-bond acceptors (Lipinski definition) is 3. The van der Waals surface area contributed by atoms with Crippen LogP contribution < -0.4 is 0 Å². The lowest BCUT2D eigenvalue weighted by Gasteiger charge is -2.23. The number of sulfonamides is 1. The highest BCUT2D eigenvalue weighted by atomic mass is 32.2. The van der Waals surface area contributed by atoms with E-state index >= 15 is 0 Å². The van der Waals surface area contributed by atoms with Crippen molar-refractivity contribution in [2.75, 3.05) is 7.05 Å². The van der Waals surface area contributed by atoms with Gasteiger partial charge in [0.05, 0.1) is 4.90 Å². The molecule has 0 aliphatic heterocycles. The van der Waals surface area contributed by atoms with Gasteiger partial charge in [0.25, 0.3) is 0 Å². The van der Waals surface area contributed by atoms with Gasteiger partial charge in [-0.05, 0) is 36.6 Å². The number of nitrogens with zero attached hydrogens (tertiary/aromatic N) is 1. The first-order valence-electron chi connectivity index (χ1n) is 6.90. The zero-order chi connectivity index (χ0) is 15.5. The van der Waals surface area contributed by atoms with Crippen LogP contribution in [0.2, 0.25) is 0 Å². The molecule has 114 valence electrons. The van der Waals surface area contributed by atoms with Gasteiger partial charge >= 0.3 is 5.97 Å². The molecule has 0 saturated heterocycles. The SMILES string of the molecule is CN(C1CCCC1)S(=O)(=O)c1ccc(/C=C/C(=O)O)cc1. The van der Waals surface area contributed by atoms with Crippen molar-refractivity contribution in [3.8, 4) is 0 Å². The molecular weight excluding hydrogens is 290 g/mol. The average Bonchev–Trinajstić information content (AvgIpc) is 2.98. The van der Waals surface area contributed by atoms with Gasteiger partial charge in [0.1, 0.15) is 0 Å². The molecule has 0 unspecified atom stereocenters. The summed E-state index contributed by atoms with van der Waals surface area (Å²) >= 11 is 0. The molecule has 1 aliphatic carbocycles. The minimum atomic E-state index is -3.48. The van der Waals surface area contributed by atoms with Crippen LogP contribution in [0.25, 0.3) is 6.08 Å². The van der Waals surface area contributed by atoms with Crippen molar-refractivity contribution in [1.29, 1.82) is 0 Å². The smallest absolute Gasteiger partial charge is 0.328 e. The van der Waals surface area contributed by atoms with Crippen molar-refractivity contribution in [2.24, 2.45) is 0 Å². The maximum atomic E-state index is 12.5. The molecule has 0 aromatic heterocycles. The van der Waals surface area contributed by atoms with E-state index in [0.717, 1.165) is 31.8 Å². The quantitative estimate of drug-likeness (QED) is 0.847. The first-order chi connectivity index (χ1) is 9.91. The Kier molecular flexibility index (Phi) is 4.80. The molecule has 2 rings (SSSR count). The molecule has 1 aromatic carbocycles. The summed E-state index contributed by atoms with van der Waals surface area (Å²) in [7, 11) is -1.85. The molecule has 1 N–H and O–H groups in total. The molecular formula is C15H19NO4S. The molecule has 0 spiro atoms. The van der Waals surface area contributed by atoms with Crippen LogP contribution in [0, 0.1) is 0 Å². The molecule has 1 aromatic rings. The van der Waals surface area contributed by atoms with Crippen LogP contribution in [-0.4, -0.2) is 36.9 Å². The van der Waals surface area contributed by atoms with E-state index in [1.54, 1.807) is 19.2 Å². The Morgan fingerprint density at radius 3 is 2.33 bits per heavy atom. The largest absolute Gasteiger partial charge is 0.478 e. The number of aliphatic carboxylic acids is 1. The van der Waals surface area contributed by atoms with Gasteiger partial charge in [-0.25, -0.2) is 13.2 Å². The van der Waals surface area contributed by atoms with Crippen LogP contribution in [0.3, 0.4) is 0 Å². The monoisotopic (exact) mass is 309 g/mol. The summed E-state index contributed by atoms with van der Waals surface area (Å²) in [4.78, 5) is 10.7. The van der Waals surface area contributed by atoms with Crippen LogP contribution in [0.5, 0.6) is 0 Å². The molecule has 5 nitrogen and oxygen atoms in total. The molecule has 0 amide bonds. The lowest BCUT2D eigenvalue weighted by Crippen LogP contribution is -2.35. The van der Waals surface area contributed by atoms with Crippen molar-refractivity contribution in [2.45, 2.75) is 36.6 Å². The van der Waals surface area contributed by atoms with Gasteiger partial charge in [-0.2, -0.15) is 4.31 Å². The van der Waals surface area contributed by atoms with E-state index in [1.807, 2.05) is 0 Å². The molecule has 1 fully saturated rings. The number of rotatable bonds is 5. The third-order valence-electron chi connectivity index (χ3n) is 3.81. The van der Waals surface area contributed by atoms with Crippen molar-refractivity contribution in [3.63, 3.8) is 0 Å². The predicted molar refractivity (Wildman–Crippen MR) is 80.3 cm³/mol. The van der Waals surface area contributed by atoms with Crippen LogP contribution >= 0.6 is 0 Å². The van der Waals surface area contributed by atoms with Gasteiger partial charge < -0.3 is 5.11 Å². The van der Waals surface area contributed by atoms with Crippen molar-refractivity contribution >= 4 is 22.1 Å². The Bertz CT molecular complexity index is 628. The Hall–Kier alpha value is -1.66. The van der Waals surface area contributed by atoms with Crippen LogP contribution in [-0.2, 0) is 14.8 Å². The Morgan fingerprint density at radius 1 is 1.24 bits per heavy atom. The highest BCUT2D eigenvalue weighted by Gasteiger charge is 2.29. The molecule has 1 aliphatic rings. The molecule has 0 radical (unpaired) electrons. The maximum absolute atomic E-state index is 12.5. The fourth-order valence-corrected chi connectivity index (χ4v) is 3.96. The number of carbonyl (C=O) groups is 1. The molecule has 0 atom stereocenters. The zero-order valence-corrected chi connectivity index (χ0v) is 12.7. The minimum Gasteiger partial charge on any atom is -0.478 e. The van der Waals surface area contributed by atoms with E-state index in [2.05, 4.69) is 0 Å². The summed E-state index contributed by atoms with van der Waals surface area (Å²) in [5.74, 6) is -1.03. The normalized spacial score (nSPS) is 16.9. The number of carboxylic acid groups (broad SMARTS) is 1. The maximum Gasteiger partial charge on any atom is 0.328 e. The molecule has 21 heavy (non-hydrogen) atoms. The van der Waals surface area contributed by atoms with Gasteiger partial charge in [0.15, 0.2) is 0 Å². The molecule has 6 heteroatoms. The van der Waals surface area contributed by atoms with Crippen LogP contribution in [0.1, 0.15) is 31.2 Å². The summed E-state index contributed by atoms with van der Waals surface area (Å²) in [5, 5.41) is 8.56. The van der Waals surface area contributed by atoms with E-state index in [4.69, 9.17) is 5.11 Å². The van der Waals surface area contributed by atoms with Crippen molar-refractivity contribution in [1.82, 2.24) is 4.31 Å². The first kappa shape index (κ1) is 15.7. The molecule has 1 saturated carbocycles. The van der Waals surface area contributed by atoms with Crippen molar-refractivity contribution in [3.05, 3.63) is 35.9 Å². The van der Waals surface area contributed by atoms with Crippen LogP contribution in [0.15, 0.2) is 35.2 Å². The summed E-state index contributed by atoms with van der Waals surface area (Å²) in [6.45, 7) is 0. The molecule has 0 bridgehead atoms. The van der Waals surface area contributed by atoms with E-state index in [0.29, 0.717) is 5.56 Å². The lowest BCUT2D eigenvalue weighted by atomic mass is 10.2. The van der Waals surface area contributed by atoms with E-state index in [-0.39, 0.29) is 10.9 Å². The third kappa shape index (κ3) is 3.71. The average molecular weight is 309 g/mol.